The van der Waals surface area contributed by atoms with Gasteiger partial charge in [-0.3, -0.25) is 0 Å². The minimum Gasteiger partial charge on any atom is -0.310 e. The fourth-order valence-electron chi connectivity index (χ4n) is 1.94. The van der Waals surface area contributed by atoms with Crippen LogP contribution in [0.15, 0.2) is 34.8 Å². The molecule has 112 valence electrons. The van der Waals surface area contributed by atoms with Gasteiger partial charge in [-0.1, -0.05) is 37.6 Å². The van der Waals surface area contributed by atoms with Crippen LogP contribution in [0.2, 0.25) is 5.02 Å². The summed E-state index contributed by atoms with van der Waals surface area (Å²) in [6.07, 6.45) is 0. The highest BCUT2D eigenvalue weighted by atomic mass is 79.9. The quantitative estimate of drug-likeness (QED) is 0.692. The van der Waals surface area contributed by atoms with E-state index in [0.717, 1.165) is 0 Å². The van der Waals surface area contributed by atoms with E-state index < -0.39 is 5.82 Å². The summed E-state index contributed by atoms with van der Waals surface area (Å²) < 4.78 is 28.5. The van der Waals surface area contributed by atoms with E-state index in [9.17, 15) is 8.78 Å². The number of benzene rings is 2. The Morgan fingerprint density at radius 3 is 2.57 bits per heavy atom. The molecule has 0 radical (unpaired) electrons. The van der Waals surface area contributed by atoms with E-state index in [1.54, 1.807) is 24.3 Å². The van der Waals surface area contributed by atoms with Crippen LogP contribution >= 0.6 is 27.5 Å². The first-order valence-corrected chi connectivity index (χ1v) is 7.73. The third-order valence-corrected chi connectivity index (χ3v) is 4.35. The molecule has 1 nitrogen and oxygen atoms in total. The molecule has 0 spiro atoms. The van der Waals surface area contributed by atoms with Gasteiger partial charge in [0.05, 0.1) is 5.02 Å². The molecule has 2 aromatic rings. The normalized spacial score (nSPS) is 11.2. The first kappa shape index (κ1) is 16.4. The monoisotopic (exact) mass is 373 g/mol. The molecule has 0 fully saturated rings. The number of hydrogen-bond acceptors (Lipinski definition) is 1. The van der Waals surface area contributed by atoms with E-state index in [4.69, 9.17) is 11.6 Å². The Labute approximate surface area is 136 Å². The molecular weight excluding hydrogens is 360 g/mol. The minimum absolute atomic E-state index is 0.0266. The summed E-state index contributed by atoms with van der Waals surface area (Å²) in [7, 11) is 0. The third kappa shape index (κ3) is 3.82. The van der Waals surface area contributed by atoms with E-state index in [2.05, 4.69) is 21.2 Å². The maximum atomic E-state index is 14.2. The average Bonchev–Trinajstić information content (AvgIpc) is 2.44. The lowest BCUT2D eigenvalue weighted by atomic mass is 10.0. The molecular formula is C16H15BrClF2N. The molecule has 0 aliphatic heterocycles. The highest BCUT2D eigenvalue weighted by Crippen LogP contribution is 2.33. The number of rotatable bonds is 4. The topological polar surface area (TPSA) is 12.0 Å². The number of nitrogens with one attached hydrogen (secondary N) is 1. The highest BCUT2D eigenvalue weighted by molar-refractivity contribution is 9.10. The van der Waals surface area contributed by atoms with Crippen LogP contribution in [0, 0.1) is 11.6 Å². The largest absolute Gasteiger partial charge is 0.310 e. The van der Waals surface area contributed by atoms with E-state index >= 15 is 0 Å². The van der Waals surface area contributed by atoms with Gasteiger partial charge in [0.25, 0.3) is 0 Å². The zero-order valence-corrected chi connectivity index (χ0v) is 14.0. The van der Waals surface area contributed by atoms with Crippen molar-refractivity contribution >= 4 is 27.5 Å². The summed E-state index contributed by atoms with van der Waals surface area (Å²) in [5.41, 5.74) is 1.46. The molecule has 0 aliphatic carbocycles. The van der Waals surface area contributed by atoms with Gasteiger partial charge in [-0.05, 0) is 39.7 Å². The summed E-state index contributed by atoms with van der Waals surface area (Å²) >= 11 is 9.08. The second-order valence-electron chi connectivity index (χ2n) is 5.06. The maximum absolute atomic E-state index is 14.2. The van der Waals surface area contributed by atoms with Crippen molar-refractivity contribution in [1.29, 1.82) is 0 Å². The molecule has 5 heteroatoms. The van der Waals surface area contributed by atoms with Crippen LogP contribution in [0.3, 0.4) is 0 Å². The van der Waals surface area contributed by atoms with E-state index in [1.807, 2.05) is 13.8 Å². The predicted molar refractivity (Wildman–Crippen MR) is 86.5 cm³/mol. The molecule has 0 aromatic heterocycles. The molecule has 0 saturated carbocycles. The summed E-state index contributed by atoms with van der Waals surface area (Å²) in [6, 6.07) is 8.09. The first-order chi connectivity index (χ1) is 9.90. The summed E-state index contributed by atoms with van der Waals surface area (Å²) in [6.45, 7) is 4.36. The Bertz CT molecular complexity index is 659. The fraction of sp³-hybridized carbons (Fsp3) is 0.250. The molecule has 21 heavy (non-hydrogen) atoms. The van der Waals surface area contributed by atoms with E-state index in [1.165, 1.54) is 6.07 Å². The van der Waals surface area contributed by atoms with E-state index in [0.29, 0.717) is 27.7 Å². The molecule has 0 bridgehead atoms. The number of halogens is 4. The van der Waals surface area contributed by atoms with Crippen LogP contribution in [-0.4, -0.2) is 6.04 Å². The van der Waals surface area contributed by atoms with Crippen molar-refractivity contribution < 1.29 is 8.78 Å². The number of hydrogen-bond donors (Lipinski definition) is 1. The summed E-state index contributed by atoms with van der Waals surface area (Å²) in [4.78, 5) is 0. The van der Waals surface area contributed by atoms with Crippen LogP contribution in [0.5, 0.6) is 0 Å². The van der Waals surface area contributed by atoms with Crippen LogP contribution < -0.4 is 5.32 Å². The Hall–Kier alpha value is -0.970. The van der Waals surface area contributed by atoms with Gasteiger partial charge in [0.1, 0.15) is 5.82 Å². The van der Waals surface area contributed by atoms with Crippen LogP contribution in [0.25, 0.3) is 11.1 Å². The summed E-state index contributed by atoms with van der Waals surface area (Å²) in [5.74, 6) is -0.823. The molecule has 2 aromatic carbocycles. The Morgan fingerprint density at radius 1 is 1.19 bits per heavy atom. The first-order valence-electron chi connectivity index (χ1n) is 6.56. The zero-order chi connectivity index (χ0) is 15.6. The smallest absolute Gasteiger partial charge is 0.150 e. The standard InChI is InChI=1S/C16H15BrClF2N/c1-9(2)21-8-11-7-10(3-6-14(11)19)12-4-5-13(17)15(18)16(12)20/h3-7,9,21H,8H2,1-2H3. The highest BCUT2D eigenvalue weighted by Gasteiger charge is 2.13. The van der Waals surface area contributed by atoms with Gasteiger partial charge in [-0.2, -0.15) is 0 Å². The van der Waals surface area contributed by atoms with Gasteiger partial charge < -0.3 is 5.32 Å². The molecule has 2 rings (SSSR count). The predicted octanol–water partition coefficient (Wildman–Crippen LogP) is 5.55. The molecule has 0 amide bonds. The van der Waals surface area contributed by atoms with Gasteiger partial charge in [0.2, 0.25) is 0 Å². The van der Waals surface area contributed by atoms with Gasteiger partial charge in [0.15, 0.2) is 5.82 Å². The second-order valence-corrected chi connectivity index (χ2v) is 6.30. The van der Waals surface area contributed by atoms with Crippen molar-refractivity contribution in [3.63, 3.8) is 0 Å². The van der Waals surface area contributed by atoms with Crippen LogP contribution in [0.1, 0.15) is 19.4 Å². The molecule has 0 heterocycles. The molecule has 0 saturated heterocycles. The van der Waals surface area contributed by atoms with Crippen molar-refractivity contribution in [2.24, 2.45) is 0 Å². The van der Waals surface area contributed by atoms with Gasteiger partial charge in [0, 0.05) is 28.2 Å². The molecule has 0 unspecified atom stereocenters. The average molecular weight is 375 g/mol. The lowest BCUT2D eigenvalue weighted by Gasteiger charge is -2.12. The van der Waals surface area contributed by atoms with Crippen molar-refractivity contribution in [1.82, 2.24) is 5.32 Å². The Morgan fingerprint density at radius 2 is 1.90 bits per heavy atom. The van der Waals surface area contributed by atoms with Crippen molar-refractivity contribution in [3.8, 4) is 11.1 Å². The molecule has 1 N–H and O–H groups in total. The SMILES string of the molecule is CC(C)NCc1cc(-c2ccc(Br)c(Cl)c2F)ccc1F. The Kier molecular flexibility index (Phi) is 5.36. The third-order valence-electron chi connectivity index (χ3n) is 3.09. The maximum Gasteiger partial charge on any atom is 0.150 e. The Balaban J connectivity index is 2.41. The molecule has 0 atom stereocenters. The lowest BCUT2D eigenvalue weighted by Crippen LogP contribution is -2.22. The summed E-state index contributed by atoms with van der Waals surface area (Å²) in [5, 5.41) is 3.18. The van der Waals surface area contributed by atoms with Crippen molar-refractivity contribution in [2.45, 2.75) is 26.4 Å². The van der Waals surface area contributed by atoms with Crippen LogP contribution in [0.4, 0.5) is 8.78 Å². The van der Waals surface area contributed by atoms with Gasteiger partial charge in [-0.15, -0.1) is 0 Å². The zero-order valence-electron chi connectivity index (χ0n) is 11.7. The molecule has 0 aliphatic rings. The van der Waals surface area contributed by atoms with Gasteiger partial charge >= 0.3 is 0 Å². The minimum atomic E-state index is -0.514. The van der Waals surface area contributed by atoms with E-state index in [-0.39, 0.29) is 16.9 Å². The van der Waals surface area contributed by atoms with Crippen molar-refractivity contribution in [2.75, 3.05) is 0 Å². The van der Waals surface area contributed by atoms with Crippen molar-refractivity contribution in [3.05, 3.63) is 57.0 Å². The van der Waals surface area contributed by atoms with Gasteiger partial charge in [-0.25, -0.2) is 8.78 Å². The fourth-order valence-corrected chi connectivity index (χ4v) is 2.41. The van der Waals surface area contributed by atoms with Crippen LogP contribution in [-0.2, 0) is 6.54 Å². The second kappa shape index (κ2) is 6.86. The lowest BCUT2D eigenvalue weighted by molar-refractivity contribution is 0.553.